The van der Waals surface area contributed by atoms with Gasteiger partial charge in [0.05, 0.1) is 12.5 Å². The van der Waals surface area contributed by atoms with Gasteiger partial charge in [0.1, 0.15) is 0 Å². The van der Waals surface area contributed by atoms with Crippen LogP contribution in [-0.4, -0.2) is 42.6 Å². The van der Waals surface area contributed by atoms with Gasteiger partial charge < -0.3 is 20.5 Å². The number of carboxylic acids is 1. The third-order valence-corrected chi connectivity index (χ3v) is 1.49. The van der Waals surface area contributed by atoms with Crippen LogP contribution in [0.25, 0.3) is 0 Å². The standard InChI is InChI=1S/C6H9N3O4.K/c10-4(11)3-8-6(13)9-2-1-7-5(9)12;/h1-3H2,(H,7,12)(H,8,13)(H,10,11);/q;+1/p-1. The van der Waals surface area contributed by atoms with E-state index < -0.39 is 24.6 Å². The van der Waals surface area contributed by atoms with Crippen molar-refractivity contribution < 1.29 is 70.9 Å². The Kier molecular flexibility index (Phi) is 6.28. The summed E-state index contributed by atoms with van der Waals surface area (Å²) < 4.78 is 0. The van der Waals surface area contributed by atoms with Crippen molar-refractivity contribution in [3.05, 3.63) is 0 Å². The quantitative estimate of drug-likeness (QED) is 0.458. The number of aliphatic carboxylic acids is 1. The van der Waals surface area contributed by atoms with E-state index in [9.17, 15) is 19.5 Å². The molecule has 0 aromatic heterocycles. The molecular formula is C6H8KN3O4. The molecule has 0 aliphatic carbocycles. The van der Waals surface area contributed by atoms with Gasteiger partial charge in [0.25, 0.3) is 0 Å². The molecule has 0 spiro atoms. The fraction of sp³-hybridized carbons (Fsp3) is 0.500. The summed E-state index contributed by atoms with van der Waals surface area (Å²) in [6.45, 7) is 0.0396. The van der Waals surface area contributed by atoms with E-state index in [2.05, 4.69) is 5.32 Å². The molecule has 0 atom stereocenters. The van der Waals surface area contributed by atoms with Gasteiger partial charge in [-0.05, 0) is 0 Å². The molecule has 7 nitrogen and oxygen atoms in total. The zero-order valence-electron chi connectivity index (χ0n) is 7.70. The number of hydrogen-bond donors (Lipinski definition) is 2. The van der Waals surface area contributed by atoms with Crippen molar-refractivity contribution in [1.82, 2.24) is 15.5 Å². The van der Waals surface area contributed by atoms with E-state index in [0.717, 1.165) is 4.90 Å². The Morgan fingerprint density at radius 1 is 1.57 bits per heavy atom. The van der Waals surface area contributed by atoms with Crippen LogP contribution in [-0.2, 0) is 4.79 Å². The molecule has 14 heavy (non-hydrogen) atoms. The maximum atomic E-state index is 11.0. The first kappa shape index (κ1) is 13.8. The van der Waals surface area contributed by atoms with Gasteiger partial charge in [-0.15, -0.1) is 0 Å². The number of urea groups is 2. The van der Waals surface area contributed by atoms with E-state index in [1.165, 1.54) is 0 Å². The van der Waals surface area contributed by atoms with Crippen molar-refractivity contribution in [2.75, 3.05) is 19.6 Å². The van der Waals surface area contributed by atoms with E-state index in [0.29, 0.717) is 6.54 Å². The molecule has 1 aliphatic heterocycles. The Labute approximate surface area is 123 Å². The molecule has 0 aromatic rings. The molecule has 72 valence electrons. The number of hydrogen-bond acceptors (Lipinski definition) is 4. The Morgan fingerprint density at radius 2 is 2.21 bits per heavy atom. The molecule has 0 bridgehead atoms. The fourth-order valence-corrected chi connectivity index (χ4v) is 0.909. The molecule has 1 aliphatic rings. The summed E-state index contributed by atoms with van der Waals surface area (Å²) in [7, 11) is 0. The third kappa shape index (κ3) is 3.92. The third-order valence-electron chi connectivity index (χ3n) is 1.49. The minimum atomic E-state index is -1.40. The number of nitrogens with zero attached hydrogens (tertiary/aromatic N) is 1. The molecule has 1 saturated heterocycles. The van der Waals surface area contributed by atoms with Crippen molar-refractivity contribution in [3.8, 4) is 0 Å². The van der Waals surface area contributed by atoms with Crippen LogP contribution in [0.15, 0.2) is 0 Å². The SMILES string of the molecule is O=C([O-])CNC(=O)N1CCNC1=O.[K+]. The summed E-state index contributed by atoms with van der Waals surface area (Å²) in [5, 5.41) is 14.4. The summed E-state index contributed by atoms with van der Waals surface area (Å²) in [6.07, 6.45) is 0. The summed E-state index contributed by atoms with van der Waals surface area (Å²) in [5.41, 5.74) is 0. The maximum Gasteiger partial charge on any atom is 1.00 e. The molecule has 1 fully saturated rings. The van der Waals surface area contributed by atoms with Crippen molar-refractivity contribution in [2.24, 2.45) is 0 Å². The van der Waals surface area contributed by atoms with Crippen LogP contribution in [0.3, 0.4) is 0 Å². The van der Waals surface area contributed by atoms with E-state index in [4.69, 9.17) is 0 Å². The first-order chi connectivity index (χ1) is 6.11. The Bertz CT molecular complexity index is 257. The second-order valence-electron chi connectivity index (χ2n) is 2.41. The van der Waals surface area contributed by atoms with Gasteiger partial charge in [0.2, 0.25) is 0 Å². The Balaban J connectivity index is 0.00000169. The number of imide groups is 1. The van der Waals surface area contributed by atoms with Crippen LogP contribution in [0.2, 0.25) is 0 Å². The van der Waals surface area contributed by atoms with Gasteiger partial charge in [-0.1, -0.05) is 0 Å². The van der Waals surface area contributed by atoms with Crippen molar-refractivity contribution in [2.45, 2.75) is 0 Å². The molecule has 0 radical (unpaired) electrons. The number of amides is 4. The first-order valence-corrected chi connectivity index (χ1v) is 3.64. The molecule has 0 saturated carbocycles. The molecule has 0 aromatic carbocycles. The summed E-state index contributed by atoms with van der Waals surface area (Å²) in [5.74, 6) is -1.40. The Hall–Kier alpha value is -0.154. The van der Waals surface area contributed by atoms with Crippen LogP contribution in [0.5, 0.6) is 0 Å². The number of carbonyl (C=O) groups excluding carboxylic acids is 3. The van der Waals surface area contributed by atoms with Crippen LogP contribution < -0.4 is 67.1 Å². The zero-order chi connectivity index (χ0) is 9.84. The maximum absolute atomic E-state index is 11.0. The topological polar surface area (TPSA) is 102 Å². The number of carbonyl (C=O) groups is 3. The van der Waals surface area contributed by atoms with Gasteiger partial charge in [0.15, 0.2) is 0 Å². The monoisotopic (exact) mass is 225 g/mol. The molecule has 4 amide bonds. The van der Waals surface area contributed by atoms with Gasteiger partial charge in [-0.3, -0.25) is 0 Å². The van der Waals surface area contributed by atoms with E-state index in [-0.39, 0.29) is 57.9 Å². The fourth-order valence-electron chi connectivity index (χ4n) is 0.909. The second-order valence-corrected chi connectivity index (χ2v) is 2.41. The molecule has 1 heterocycles. The zero-order valence-corrected chi connectivity index (χ0v) is 10.8. The minimum absolute atomic E-state index is 0. The normalized spacial score (nSPS) is 14.3. The second kappa shape index (κ2) is 6.35. The molecule has 2 N–H and O–H groups in total. The summed E-state index contributed by atoms with van der Waals surface area (Å²) in [4.78, 5) is 32.7. The summed E-state index contributed by atoms with van der Waals surface area (Å²) >= 11 is 0. The number of nitrogens with one attached hydrogen (secondary N) is 2. The molecule has 8 heteroatoms. The first-order valence-electron chi connectivity index (χ1n) is 3.64. The van der Waals surface area contributed by atoms with Crippen molar-refractivity contribution in [3.63, 3.8) is 0 Å². The molecule has 1 rings (SSSR count). The summed E-state index contributed by atoms with van der Waals surface area (Å²) in [6, 6.07) is -1.24. The van der Waals surface area contributed by atoms with Gasteiger partial charge in [0, 0.05) is 13.1 Å². The molecular weight excluding hydrogens is 217 g/mol. The van der Waals surface area contributed by atoms with Crippen LogP contribution in [0, 0.1) is 0 Å². The van der Waals surface area contributed by atoms with Crippen molar-refractivity contribution in [1.29, 1.82) is 0 Å². The molecule has 0 unspecified atom stereocenters. The van der Waals surface area contributed by atoms with Crippen LogP contribution in [0.1, 0.15) is 0 Å². The smallest absolute Gasteiger partial charge is 0.548 e. The predicted molar refractivity (Wildman–Crippen MR) is 38.5 cm³/mol. The van der Waals surface area contributed by atoms with Crippen LogP contribution in [0.4, 0.5) is 9.59 Å². The Morgan fingerprint density at radius 3 is 2.64 bits per heavy atom. The van der Waals surface area contributed by atoms with E-state index in [1.807, 2.05) is 5.32 Å². The number of carboxylic acid groups (broad SMARTS) is 1. The largest absolute Gasteiger partial charge is 1.00 e. The van der Waals surface area contributed by atoms with Crippen molar-refractivity contribution >= 4 is 18.0 Å². The average molecular weight is 225 g/mol. The van der Waals surface area contributed by atoms with Gasteiger partial charge in [-0.25, -0.2) is 14.5 Å². The predicted octanol–water partition coefficient (Wildman–Crippen LogP) is -5.52. The van der Waals surface area contributed by atoms with E-state index >= 15 is 0 Å². The average Bonchev–Trinajstić information content (AvgIpc) is 2.47. The minimum Gasteiger partial charge on any atom is -0.548 e. The van der Waals surface area contributed by atoms with Gasteiger partial charge in [-0.2, -0.15) is 0 Å². The van der Waals surface area contributed by atoms with Gasteiger partial charge >= 0.3 is 63.4 Å². The number of rotatable bonds is 2. The van der Waals surface area contributed by atoms with E-state index in [1.54, 1.807) is 0 Å². The van der Waals surface area contributed by atoms with Crippen LogP contribution >= 0.6 is 0 Å².